The van der Waals surface area contributed by atoms with Crippen LogP contribution in [0.5, 0.6) is 0 Å². The van der Waals surface area contributed by atoms with Crippen LogP contribution in [0.15, 0.2) is 18.2 Å². The van der Waals surface area contributed by atoms with Crippen LogP contribution < -0.4 is 11.1 Å². The molecule has 32 heavy (non-hydrogen) atoms. The quantitative estimate of drug-likeness (QED) is 0.429. The minimum absolute atomic E-state index is 0.0194. The van der Waals surface area contributed by atoms with Gasteiger partial charge in [0.05, 0.1) is 23.3 Å². The van der Waals surface area contributed by atoms with Crippen LogP contribution >= 0.6 is 0 Å². The number of aliphatic hydroxyl groups is 2. The van der Waals surface area contributed by atoms with Crippen LogP contribution in [0.2, 0.25) is 0 Å². The van der Waals surface area contributed by atoms with Gasteiger partial charge >= 0.3 is 0 Å². The highest BCUT2D eigenvalue weighted by Gasteiger charge is 2.64. The molecule has 1 aromatic rings. The first-order valence-electron chi connectivity index (χ1n) is 10.6. The Morgan fingerprint density at radius 2 is 1.94 bits per heavy atom. The lowest BCUT2D eigenvalue weighted by Gasteiger charge is -2.39. The van der Waals surface area contributed by atoms with E-state index in [1.165, 1.54) is 6.07 Å². The van der Waals surface area contributed by atoms with E-state index in [4.69, 9.17) is 5.73 Å². The fraction of sp³-hybridized carbons (Fsp3) is 0.500. The van der Waals surface area contributed by atoms with Crippen molar-refractivity contribution in [2.75, 3.05) is 0 Å². The predicted molar refractivity (Wildman–Crippen MR) is 107 cm³/mol. The van der Waals surface area contributed by atoms with Crippen molar-refractivity contribution in [3.63, 3.8) is 0 Å². The molecular weight excluding hydrogens is 418 g/mol. The van der Waals surface area contributed by atoms with Gasteiger partial charge < -0.3 is 15.9 Å². The predicted octanol–water partition coefficient (Wildman–Crippen LogP) is -1.14. The topological polar surface area (TPSA) is 167 Å². The Balaban J connectivity index is 1.52. The molecule has 2 bridgehead atoms. The highest BCUT2D eigenvalue weighted by Crippen LogP contribution is 2.59. The molecule has 4 aliphatic rings. The van der Waals surface area contributed by atoms with Crippen LogP contribution in [0.3, 0.4) is 0 Å². The summed E-state index contributed by atoms with van der Waals surface area (Å²) in [7, 11) is 0. The van der Waals surface area contributed by atoms with E-state index in [9.17, 15) is 34.2 Å². The van der Waals surface area contributed by atoms with Gasteiger partial charge in [0.25, 0.3) is 11.8 Å². The summed E-state index contributed by atoms with van der Waals surface area (Å²) in [6.07, 6.45) is -1.28. The second-order valence-corrected chi connectivity index (χ2v) is 9.29. The summed E-state index contributed by atoms with van der Waals surface area (Å²) in [5.41, 5.74) is 5.28. The number of imide groups is 2. The highest BCUT2D eigenvalue weighted by atomic mass is 16.3. The minimum atomic E-state index is -1.19. The molecule has 0 spiro atoms. The Hall–Kier alpha value is -3.11. The summed E-state index contributed by atoms with van der Waals surface area (Å²) < 4.78 is 0. The Morgan fingerprint density at radius 3 is 2.59 bits per heavy atom. The molecule has 168 valence electrons. The number of nitrogens with zero attached hydrogens (tertiary/aromatic N) is 1. The SMILES string of the molecule is NC(=O)C1CC2CC1(Cc1cccc3c1C(=O)N(C1CCC(=O)NC1=O)C3=O)C(O)C2O. The number of piperidine rings is 1. The van der Waals surface area contributed by atoms with E-state index in [2.05, 4.69) is 5.32 Å². The van der Waals surface area contributed by atoms with Gasteiger partial charge in [0.1, 0.15) is 6.04 Å². The van der Waals surface area contributed by atoms with Gasteiger partial charge in [-0.1, -0.05) is 12.1 Å². The maximum absolute atomic E-state index is 13.3. The first-order chi connectivity index (χ1) is 15.2. The van der Waals surface area contributed by atoms with Crippen molar-refractivity contribution >= 4 is 29.5 Å². The van der Waals surface area contributed by atoms with Crippen LogP contribution in [0, 0.1) is 17.3 Å². The number of carbonyl (C=O) groups is 5. The third-order valence-electron chi connectivity index (χ3n) is 7.69. The first kappa shape index (κ1) is 20.8. The molecule has 10 nitrogen and oxygen atoms in total. The van der Waals surface area contributed by atoms with Gasteiger partial charge in [0, 0.05) is 17.8 Å². The van der Waals surface area contributed by atoms with E-state index in [0.717, 1.165) is 4.90 Å². The average Bonchev–Trinajstić information content (AvgIpc) is 3.32. The van der Waals surface area contributed by atoms with Gasteiger partial charge in [-0.2, -0.15) is 0 Å². The van der Waals surface area contributed by atoms with E-state index in [0.29, 0.717) is 18.4 Å². The third-order valence-corrected chi connectivity index (χ3v) is 7.69. The lowest BCUT2D eigenvalue weighted by atomic mass is 9.68. The number of primary amides is 1. The molecule has 2 heterocycles. The van der Waals surface area contributed by atoms with Crippen LogP contribution in [0.4, 0.5) is 0 Å². The summed E-state index contributed by atoms with van der Waals surface area (Å²) in [4.78, 5) is 63.2. The molecular formula is C22H23N3O7. The van der Waals surface area contributed by atoms with Crippen molar-refractivity contribution in [2.45, 2.75) is 50.4 Å². The fourth-order valence-electron chi connectivity index (χ4n) is 6.22. The van der Waals surface area contributed by atoms with E-state index in [1.807, 2.05) is 0 Å². The molecule has 5 N–H and O–H groups in total. The number of carbonyl (C=O) groups excluding carboxylic acids is 5. The van der Waals surface area contributed by atoms with Crippen molar-refractivity contribution < 1.29 is 34.2 Å². The number of benzene rings is 1. The molecule has 3 fully saturated rings. The molecule has 1 aromatic carbocycles. The van der Waals surface area contributed by atoms with Crippen molar-refractivity contribution in [3.05, 3.63) is 34.9 Å². The molecule has 5 rings (SSSR count). The average molecular weight is 441 g/mol. The molecule has 2 aliphatic heterocycles. The Kier molecular flexibility index (Phi) is 4.51. The smallest absolute Gasteiger partial charge is 0.262 e. The van der Waals surface area contributed by atoms with Gasteiger partial charge in [0.2, 0.25) is 17.7 Å². The Labute approximate surface area is 182 Å². The van der Waals surface area contributed by atoms with Crippen molar-refractivity contribution in [1.82, 2.24) is 10.2 Å². The maximum atomic E-state index is 13.3. The molecule has 5 amide bonds. The first-order valence-corrected chi connectivity index (χ1v) is 10.6. The summed E-state index contributed by atoms with van der Waals surface area (Å²) >= 11 is 0. The van der Waals surface area contributed by atoms with E-state index >= 15 is 0 Å². The minimum Gasteiger partial charge on any atom is -0.390 e. The molecule has 0 aromatic heterocycles. The van der Waals surface area contributed by atoms with Crippen LogP contribution in [-0.2, 0) is 20.8 Å². The van der Waals surface area contributed by atoms with Crippen molar-refractivity contribution in [1.29, 1.82) is 0 Å². The zero-order valence-corrected chi connectivity index (χ0v) is 17.1. The van der Waals surface area contributed by atoms with Gasteiger partial charge in [-0.25, -0.2) is 0 Å². The number of rotatable bonds is 4. The van der Waals surface area contributed by atoms with Gasteiger partial charge in [0.15, 0.2) is 0 Å². The standard InChI is InChI=1S/C22H23N3O7/c23-18(29)12-6-10-8-22(12,17(28)16(10)27)7-9-2-1-3-11-15(9)21(32)25(20(11)31)13-4-5-14(26)24-19(13)30/h1-3,10,12-13,16-17,27-28H,4-8H2,(H2,23,29)(H,24,26,30). The third kappa shape index (κ3) is 2.69. The summed E-state index contributed by atoms with van der Waals surface area (Å²) in [5, 5.41) is 23.3. The summed E-state index contributed by atoms with van der Waals surface area (Å²) in [5.74, 6) is -3.93. The lowest BCUT2D eigenvalue weighted by Crippen LogP contribution is -2.54. The zero-order chi connectivity index (χ0) is 22.9. The number of aliphatic hydroxyl groups excluding tert-OH is 2. The Bertz CT molecular complexity index is 1090. The largest absolute Gasteiger partial charge is 0.390 e. The number of nitrogens with one attached hydrogen (secondary N) is 1. The van der Waals surface area contributed by atoms with E-state index < -0.39 is 59.1 Å². The van der Waals surface area contributed by atoms with Gasteiger partial charge in [-0.05, 0) is 43.2 Å². The van der Waals surface area contributed by atoms with Gasteiger partial charge in [-0.3, -0.25) is 34.2 Å². The summed E-state index contributed by atoms with van der Waals surface area (Å²) in [6.45, 7) is 0. The summed E-state index contributed by atoms with van der Waals surface area (Å²) in [6, 6.07) is 3.66. The van der Waals surface area contributed by atoms with Crippen LogP contribution in [0.25, 0.3) is 0 Å². The lowest BCUT2D eigenvalue weighted by molar-refractivity contribution is -0.136. The molecule has 6 atom stereocenters. The normalized spacial score (nSPS) is 35.9. The van der Waals surface area contributed by atoms with Gasteiger partial charge in [-0.15, -0.1) is 0 Å². The Morgan fingerprint density at radius 1 is 1.19 bits per heavy atom. The van der Waals surface area contributed by atoms with E-state index in [1.54, 1.807) is 12.1 Å². The molecule has 1 saturated heterocycles. The molecule has 2 saturated carbocycles. The zero-order valence-electron chi connectivity index (χ0n) is 17.1. The number of hydrogen-bond acceptors (Lipinski definition) is 7. The second-order valence-electron chi connectivity index (χ2n) is 9.29. The molecule has 10 heteroatoms. The van der Waals surface area contributed by atoms with Crippen molar-refractivity contribution in [2.24, 2.45) is 23.0 Å². The maximum Gasteiger partial charge on any atom is 0.262 e. The number of amides is 5. The second kappa shape index (κ2) is 6.94. The molecule has 2 aliphatic carbocycles. The monoisotopic (exact) mass is 441 g/mol. The number of fused-ring (bicyclic) bond motifs is 3. The van der Waals surface area contributed by atoms with Crippen LogP contribution in [-0.4, -0.2) is 62.9 Å². The van der Waals surface area contributed by atoms with E-state index in [-0.39, 0.29) is 36.3 Å². The number of hydrogen-bond donors (Lipinski definition) is 4. The highest BCUT2D eigenvalue weighted by molar-refractivity contribution is 6.24. The van der Waals surface area contributed by atoms with Crippen LogP contribution in [0.1, 0.15) is 52.0 Å². The number of nitrogens with two attached hydrogens (primary N) is 1. The molecule has 0 radical (unpaired) electrons. The van der Waals surface area contributed by atoms with Crippen molar-refractivity contribution in [3.8, 4) is 0 Å². The molecule has 6 unspecified atom stereocenters. The fourth-order valence-corrected chi connectivity index (χ4v) is 6.22.